The SMILES string of the molecule is CC(c1ccccc1)N1CC(C(=O)Nc2nc3scc(-c4ccccc4)n3n2)CC1=O. The van der Waals surface area contributed by atoms with Crippen molar-refractivity contribution in [2.24, 2.45) is 5.92 Å². The molecule has 2 aromatic carbocycles. The van der Waals surface area contributed by atoms with Crippen molar-refractivity contribution in [3.63, 3.8) is 0 Å². The van der Waals surface area contributed by atoms with Crippen LogP contribution < -0.4 is 5.32 Å². The molecule has 1 saturated heterocycles. The Morgan fingerprint density at radius 3 is 2.58 bits per heavy atom. The van der Waals surface area contributed by atoms with E-state index in [0.717, 1.165) is 16.8 Å². The van der Waals surface area contributed by atoms with Crippen LogP contribution in [0.15, 0.2) is 66.0 Å². The van der Waals surface area contributed by atoms with E-state index >= 15 is 0 Å². The molecule has 8 heteroatoms. The summed E-state index contributed by atoms with van der Waals surface area (Å²) >= 11 is 1.47. The van der Waals surface area contributed by atoms with Crippen LogP contribution in [-0.2, 0) is 9.59 Å². The third kappa shape index (κ3) is 3.70. The molecule has 7 nitrogen and oxygen atoms in total. The summed E-state index contributed by atoms with van der Waals surface area (Å²) in [5.41, 5.74) is 3.01. The van der Waals surface area contributed by atoms with Crippen LogP contribution in [0.3, 0.4) is 0 Å². The minimum Gasteiger partial charge on any atom is -0.335 e. The Kier molecular flexibility index (Phi) is 4.99. The highest BCUT2D eigenvalue weighted by molar-refractivity contribution is 7.15. The molecule has 5 rings (SSSR count). The Morgan fingerprint density at radius 1 is 1.13 bits per heavy atom. The van der Waals surface area contributed by atoms with Gasteiger partial charge in [-0.3, -0.25) is 14.9 Å². The van der Waals surface area contributed by atoms with Gasteiger partial charge >= 0.3 is 0 Å². The van der Waals surface area contributed by atoms with E-state index in [2.05, 4.69) is 15.4 Å². The molecule has 31 heavy (non-hydrogen) atoms. The second kappa shape index (κ2) is 7.96. The molecule has 0 aliphatic carbocycles. The number of nitrogens with one attached hydrogen (secondary N) is 1. The summed E-state index contributed by atoms with van der Waals surface area (Å²) in [6.45, 7) is 2.38. The average Bonchev–Trinajstić information content (AvgIpc) is 3.48. The predicted molar refractivity (Wildman–Crippen MR) is 120 cm³/mol. The summed E-state index contributed by atoms with van der Waals surface area (Å²) in [6.07, 6.45) is 0.195. The van der Waals surface area contributed by atoms with Crippen molar-refractivity contribution < 1.29 is 9.59 Å². The molecule has 1 aliphatic heterocycles. The van der Waals surface area contributed by atoms with Crippen molar-refractivity contribution in [3.05, 3.63) is 71.6 Å². The van der Waals surface area contributed by atoms with Crippen LogP contribution >= 0.6 is 11.3 Å². The number of carbonyl (C=O) groups is 2. The highest BCUT2D eigenvalue weighted by Crippen LogP contribution is 2.29. The monoisotopic (exact) mass is 431 g/mol. The Hall–Kier alpha value is -3.52. The van der Waals surface area contributed by atoms with Gasteiger partial charge in [-0.25, -0.2) is 4.52 Å². The molecule has 0 spiro atoms. The molecule has 2 aromatic heterocycles. The topological polar surface area (TPSA) is 79.6 Å². The van der Waals surface area contributed by atoms with Crippen LogP contribution in [0.1, 0.15) is 24.9 Å². The highest BCUT2D eigenvalue weighted by Gasteiger charge is 2.37. The minimum atomic E-state index is -0.422. The van der Waals surface area contributed by atoms with Crippen molar-refractivity contribution in [2.75, 3.05) is 11.9 Å². The number of carbonyl (C=O) groups excluding carboxylic acids is 2. The number of fused-ring (bicyclic) bond motifs is 1. The maximum Gasteiger partial charge on any atom is 0.250 e. The molecule has 0 bridgehead atoms. The van der Waals surface area contributed by atoms with Crippen LogP contribution in [0.4, 0.5) is 5.95 Å². The maximum atomic E-state index is 12.8. The van der Waals surface area contributed by atoms with Crippen molar-refractivity contribution >= 4 is 34.1 Å². The van der Waals surface area contributed by atoms with Gasteiger partial charge in [-0.05, 0) is 12.5 Å². The molecular weight excluding hydrogens is 410 g/mol. The van der Waals surface area contributed by atoms with Crippen LogP contribution in [0, 0.1) is 5.92 Å². The van der Waals surface area contributed by atoms with Crippen LogP contribution in [0.5, 0.6) is 0 Å². The Balaban J connectivity index is 1.30. The number of benzene rings is 2. The molecule has 1 fully saturated rings. The van der Waals surface area contributed by atoms with E-state index in [4.69, 9.17) is 0 Å². The summed E-state index contributed by atoms with van der Waals surface area (Å²) in [7, 11) is 0. The van der Waals surface area contributed by atoms with Gasteiger partial charge in [0.05, 0.1) is 17.7 Å². The smallest absolute Gasteiger partial charge is 0.250 e. The fraction of sp³-hybridized carbons (Fsp3) is 0.217. The third-order valence-corrected chi connectivity index (χ3v) is 6.48. The van der Waals surface area contributed by atoms with Gasteiger partial charge in [-0.15, -0.1) is 16.4 Å². The van der Waals surface area contributed by atoms with E-state index in [1.54, 1.807) is 9.42 Å². The van der Waals surface area contributed by atoms with E-state index < -0.39 is 5.92 Å². The fourth-order valence-corrected chi connectivity index (χ4v) is 4.78. The van der Waals surface area contributed by atoms with Crippen molar-refractivity contribution in [1.29, 1.82) is 0 Å². The Bertz CT molecular complexity index is 1230. The lowest BCUT2D eigenvalue weighted by Crippen LogP contribution is -2.30. The van der Waals surface area contributed by atoms with Crippen LogP contribution in [-0.4, -0.2) is 37.9 Å². The number of hydrogen-bond donors (Lipinski definition) is 1. The van der Waals surface area contributed by atoms with Crippen molar-refractivity contribution in [1.82, 2.24) is 19.5 Å². The molecule has 0 radical (unpaired) electrons. The second-order valence-electron chi connectivity index (χ2n) is 7.64. The van der Waals surface area contributed by atoms with Crippen molar-refractivity contribution in [2.45, 2.75) is 19.4 Å². The first-order valence-electron chi connectivity index (χ1n) is 10.1. The number of amides is 2. The molecule has 3 heterocycles. The molecular formula is C23H21N5O2S. The highest BCUT2D eigenvalue weighted by atomic mass is 32.1. The molecule has 156 valence electrons. The lowest BCUT2D eigenvalue weighted by Gasteiger charge is -2.25. The quantitative estimate of drug-likeness (QED) is 0.518. The van der Waals surface area contributed by atoms with E-state index in [0.29, 0.717) is 11.5 Å². The molecule has 2 unspecified atom stereocenters. The number of likely N-dealkylation sites (tertiary alicyclic amines) is 1. The van der Waals surface area contributed by atoms with Gasteiger partial charge in [-0.1, -0.05) is 60.7 Å². The first-order valence-corrected chi connectivity index (χ1v) is 11.0. The number of rotatable bonds is 5. The summed E-state index contributed by atoms with van der Waals surface area (Å²) in [6, 6.07) is 19.7. The molecule has 4 aromatic rings. The average molecular weight is 432 g/mol. The van der Waals surface area contributed by atoms with E-state index in [9.17, 15) is 9.59 Å². The lowest BCUT2D eigenvalue weighted by molar-refractivity contribution is -0.129. The minimum absolute atomic E-state index is 0.0124. The van der Waals surface area contributed by atoms with E-state index in [1.165, 1.54) is 11.3 Å². The van der Waals surface area contributed by atoms with Gasteiger partial charge in [-0.2, -0.15) is 4.98 Å². The number of thiazole rings is 1. The van der Waals surface area contributed by atoms with Gasteiger partial charge in [0.15, 0.2) is 0 Å². The standard InChI is InChI=1S/C23H21N5O2S/c1-15(16-8-4-2-5-9-16)27-13-18(12-20(27)29)21(30)24-22-25-23-28(26-22)19(14-31-23)17-10-6-3-7-11-17/h2-11,14-15,18H,12-13H2,1H3,(H,24,26,30). The molecule has 2 atom stereocenters. The van der Waals surface area contributed by atoms with Crippen molar-refractivity contribution in [3.8, 4) is 11.3 Å². The molecule has 0 saturated carbocycles. The zero-order valence-corrected chi connectivity index (χ0v) is 17.7. The zero-order valence-electron chi connectivity index (χ0n) is 16.9. The number of nitrogens with zero attached hydrogens (tertiary/aromatic N) is 4. The van der Waals surface area contributed by atoms with Gasteiger partial charge in [0.2, 0.25) is 22.7 Å². The molecule has 1 aliphatic rings. The first kappa shape index (κ1) is 19.4. The predicted octanol–water partition coefficient (Wildman–Crippen LogP) is 4.01. The fourth-order valence-electron chi connectivity index (χ4n) is 3.95. The van der Waals surface area contributed by atoms with Crippen LogP contribution in [0.25, 0.3) is 16.2 Å². The molecule has 2 amide bonds. The normalized spacial score (nSPS) is 17.3. The van der Waals surface area contributed by atoms with Gasteiger partial charge in [0.25, 0.3) is 0 Å². The van der Waals surface area contributed by atoms with E-state index in [1.807, 2.05) is 73.0 Å². The first-order chi connectivity index (χ1) is 15.1. The maximum absolute atomic E-state index is 12.8. The van der Waals surface area contributed by atoms with E-state index in [-0.39, 0.29) is 30.2 Å². The van der Waals surface area contributed by atoms with Gasteiger partial charge in [0.1, 0.15) is 0 Å². The summed E-state index contributed by atoms with van der Waals surface area (Å²) in [5, 5.41) is 9.27. The third-order valence-electron chi connectivity index (χ3n) is 5.66. The van der Waals surface area contributed by atoms with Gasteiger partial charge < -0.3 is 4.90 Å². The summed E-state index contributed by atoms with van der Waals surface area (Å²) in [5.74, 6) is -0.401. The van der Waals surface area contributed by atoms with Gasteiger partial charge in [0, 0.05) is 23.9 Å². The Morgan fingerprint density at radius 2 is 1.84 bits per heavy atom. The number of hydrogen-bond acceptors (Lipinski definition) is 5. The molecule has 1 N–H and O–H groups in total. The number of anilines is 1. The van der Waals surface area contributed by atoms with Crippen LogP contribution in [0.2, 0.25) is 0 Å². The Labute approximate surface area is 183 Å². The summed E-state index contributed by atoms with van der Waals surface area (Å²) in [4.78, 5) is 32.3. The second-order valence-corrected chi connectivity index (χ2v) is 8.48. The summed E-state index contributed by atoms with van der Waals surface area (Å²) < 4.78 is 1.74. The number of aromatic nitrogens is 3. The zero-order chi connectivity index (χ0) is 21.4. The largest absolute Gasteiger partial charge is 0.335 e. The lowest BCUT2D eigenvalue weighted by atomic mass is 10.1.